The van der Waals surface area contributed by atoms with E-state index in [0.717, 1.165) is 36.2 Å². The zero-order valence-electron chi connectivity index (χ0n) is 25.5. The fourth-order valence-corrected chi connectivity index (χ4v) is 5.05. The third-order valence-corrected chi connectivity index (χ3v) is 7.40. The molecule has 4 heteroatoms. The van der Waals surface area contributed by atoms with Crippen molar-refractivity contribution in [2.24, 2.45) is 0 Å². The van der Waals surface area contributed by atoms with Gasteiger partial charge in [0.2, 0.25) is 6.29 Å². The van der Waals surface area contributed by atoms with Crippen LogP contribution in [0.2, 0.25) is 0 Å². The monoisotopic (exact) mass is 538 g/mol. The lowest BCUT2D eigenvalue weighted by molar-refractivity contribution is -0.903. The van der Waals surface area contributed by atoms with Gasteiger partial charge in [0, 0.05) is 12.0 Å². The van der Waals surface area contributed by atoms with Crippen molar-refractivity contribution in [3.63, 3.8) is 0 Å². The van der Waals surface area contributed by atoms with Crippen molar-refractivity contribution in [1.82, 2.24) is 0 Å². The molecule has 0 aliphatic heterocycles. The highest BCUT2D eigenvalue weighted by Crippen LogP contribution is 2.20. The van der Waals surface area contributed by atoms with E-state index in [4.69, 9.17) is 9.47 Å². The molecule has 0 radical (unpaired) electrons. The molecule has 39 heavy (non-hydrogen) atoms. The van der Waals surface area contributed by atoms with Gasteiger partial charge in [-0.2, -0.15) is 0 Å². The van der Waals surface area contributed by atoms with E-state index in [1.807, 2.05) is 12.1 Å². The smallest absolute Gasteiger partial charge is 0.314 e. The van der Waals surface area contributed by atoms with E-state index < -0.39 is 6.29 Å². The Morgan fingerprint density at radius 3 is 2.00 bits per heavy atom. The SMILES string of the molecule is CCCCCCCCCCCCCc1cccc(OC(CCC)OC(=O)CC[N+](C)(C)Cc2ccccc2)c1. The second-order valence-electron chi connectivity index (χ2n) is 11.8. The number of ether oxygens (including phenoxy) is 2. The summed E-state index contributed by atoms with van der Waals surface area (Å²) in [5.74, 6) is 0.604. The first-order valence-corrected chi connectivity index (χ1v) is 15.7. The molecule has 2 rings (SSSR count). The lowest BCUT2D eigenvalue weighted by Gasteiger charge is -2.30. The van der Waals surface area contributed by atoms with Gasteiger partial charge in [0.25, 0.3) is 0 Å². The van der Waals surface area contributed by atoms with Gasteiger partial charge in [-0.05, 0) is 37.0 Å². The number of quaternary nitrogens is 1. The van der Waals surface area contributed by atoms with Crippen LogP contribution in [0.15, 0.2) is 54.6 Å². The fraction of sp³-hybridized carbons (Fsp3) is 0.629. The van der Waals surface area contributed by atoms with E-state index in [1.54, 1.807) is 0 Å². The minimum atomic E-state index is -0.538. The summed E-state index contributed by atoms with van der Waals surface area (Å²) in [6.07, 6.45) is 17.4. The molecule has 1 unspecified atom stereocenters. The fourth-order valence-electron chi connectivity index (χ4n) is 5.05. The molecule has 0 heterocycles. The zero-order valence-corrected chi connectivity index (χ0v) is 25.5. The van der Waals surface area contributed by atoms with Crippen LogP contribution >= 0.6 is 0 Å². The van der Waals surface area contributed by atoms with Gasteiger partial charge < -0.3 is 14.0 Å². The maximum absolute atomic E-state index is 12.7. The van der Waals surface area contributed by atoms with Crippen LogP contribution in [-0.2, 0) is 22.5 Å². The Morgan fingerprint density at radius 1 is 0.744 bits per heavy atom. The van der Waals surface area contributed by atoms with Gasteiger partial charge >= 0.3 is 5.97 Å². The Hall–Kier alpha value is -2.33. The van der Waals surface area contributed by atoms with Gasteiger partial charge in [-0.25, -0.2) is 0 Å². The predicted molar refractivity (Wildman–Crippen MR) is 164 cm³/mol. The maximum atomic E-state index is 12.7. The second-order valence-corrected chi connectivity index (χ2v) is 11.8. The summed E-state index contributed by atoms with van der Waals surface area (Å²) in [6.45, 7) is 5.98. The van der Waals surface area contributed by atoms with E-state index in [0.29, 0.717) is 12.8 Å². The number of carbonyl (C=O) groups excluding carboxylic acids is 1. The molecule has 0 N–H and O–H groups in total. The molecule has 0 aromatic heterocycles. The summed E-state index contributed by atoms with van der Waals surface area (Å²) in [7, 11) is 4.31. The molecule has 0 amide bonds. The third kappa shape index (κ3) is 15.8. The molecule has 0 aliphatic rings. The third-order valence-electron chi connectivity index (χ3n) is 7.40. The average Bonchev–Trinajstić information content (AvgIpc) is 2.91. The summed E-state index contributed by atoms with van der Waals surface area (Å²) in [6, 6.07) is 18.7. The number of rotatable bonds is 22. The highest BCUT2D eigenvalue weighted by Gasteiger charge is 2.21. The number of aryl methyl sites for hydroxylation is 1. The molecule has 0 saturated carbocycles. The molecule has 4 nitrogen and oxygen atoms in total. The van der Waals surface area contributed by atoms with Crippen molar-refractivity contribution < 1.29 is 18.8 Å². The van der Waals surface area contributed by atoms with Gasteiger partial charge in [0.15, 0.2) is 0 Å². The molecule has 218 valence electrons. The number of benzene rings is 2. The van der Waals surface area contributed by atoms with E-state index in [1.165, 1.54) is 81.8 Å². The highest BCUT2D eigenvalue weighted by molar-refractivity contribution is 5.69. The number of hydrogen-bond donors (Lipinski definition) is 0. The highest BCUT2D eigenvalue weighted by atomic mass is 16.7. The van der Waals surface area contributed by atoms with Crippen LogP contribution < -0.4 is 4.74 Å². The first-order valence-electron chi connectivity index (χ1n) is 15.7. The van der Waals surface area contributed by atoms with Crippen molar-refractivity contribution in [2.45, 2.75) is 123 Å². The summed E-state index contributed by atoms with van der Waals surface area (Å²) < 4.78 is 12.7. The van der Waals surface area contributed by atoms with E-state index >= 15 is 0 Å². The summed E-state index contributed by atoms with van der Waals surface area (Å²) in [4.78, 5) is 12.7. The first kappa shape index (κ1) is 32.9. The van der Waals surface area contributed by atoms with Gasteiger partial charge in [-0.1, -0.05) is 121 Å². The number of unbranched alkanes of at least 4 members (excludes halogenated alkanes) is 10. The first-order chi connectivity index (χ1) is 18.9. The van der Waals surface area contributed by atoms with E-state index in [2.05, 4.69) is 70.4 Å². The number of esters is 1. The topological polar surface area (TPSA) is 35.5 Å². The van der Waals surface area contributed by atoms with E-state index in [-0.39, 0.29) is 5.97 Å². The lowest BCUT2D eigenvalue weighted by atomic mass is 10.0. The largest absolute Gasteiger partial charge is 0.455 e. The van der Waals surface area contributed by atoms with Crippen LogP contribution in [0.3, 0.4) is 0 Å². The van der Waals surface area contributed by atoms with Gasteiger partial charge in [0.05, 0.1) is 27.1 Å². The Balaban J connectivity index is 1.69. The molecule has 0 bridgehead atoms. The summed E-state index contributed by atoms with van der Waals surface area (Å²) in [5.41, 5.74) is 2.57. The molecule has 0 saturated heterocycles. The van der Waals surface area contributed by atoms with Crippen LogP contribution in [0.25, 0.3) is 0 Å². The van der Waals surface area contributed by atoms with Crippen LogP contribution in [-0.4, -0.2) is 37.4 Å². The van der Waals surface area contributed by atoms with Gasteiger partial charge in [-0.3, -0.25) is 4.79 Å². The number of hydrogen-bond acceptors (Lipinski definition) is 3. The predicted octanol–water partition coefficient (Wildman–Crippen LogP) is 9.26. The standard InChI is InChI=1S/C35H56NO3/c1-5-7-8-9-10-11-12-13-14-15-17-22-31-25-20-26-33(29-31)38-35(21-6-2)39-34(37)27-28-36(3,4)30-32-23-18-16-19-24-32/h16,18-20,23-26,29,35H,5-15,17,21-22,27-28,30H2,1-4H3/q+1. The molecule has 2 aromatic rings. The van der Waals surface area contributed by atoms with Crippen molar-refractivity contribution in [3.05, 3.63) is 65.7 Å². The van der Waals surface area contributed by atoms with Crippen molar-refractivity contribution in [1.29, 1.82) is 0 Å². The Morgan fingerprint density at radius 2 is 1.36 bits per heavy atom. The minimum absolute atomic E-state index is 0.190. The van der Waals surface area contributed by atoms with Crippen molar-refractivity contribution >= 4 is 5.97 Å². The molecule has 0 aliphatic carbocycles. The van der Waals surface area contributed by atoms with Crippen LogP contribution in [0.1, 0.15) is 115 Å². The minimum Gasteiger partial charge on any atom is -0.455 e. The average molecular weight is 539 g/mol. The van der Waals surface area contributed by atoms with Crippen LogP contribution in [0.4, 0.5) is 0 Å². The van der Waals surface area contributed by atoms with E-state index in [9.17, 15) is 4.79 Å². The molecule has 1 atom stereocenters. The van der Waals surface area contributed by atoms with Crippen molar-refractivity contribution in [2.75, 3.05) is 20.6 Å². The second kappa shape index (κ2) is 19.7. The maximum Gasteiger partial charge on any atom is 0.314 e. The number of carbonyl (C=O) groups is 1. The van der Waals surface area contributed by atoms with Gasteiger partial charge in [0.1, 0.15) is 12.3 Å². The molecule has 0 fully saturated rings. The summed E-state index contributed by atoms with van der Waals surface area (Å²) in [5, 5.41) is 0. The lowest BCUT2D eigenvalue weighted by Crippen LogP contribution is -2.41. The molecule has 0 spiro atoms. The Bertz CT molecular complexity index is 896. The van der Waals surface area contributed by atoms with Gasteiger partial charge in [-0.15, -0.1) is 0 Å². The number of nitrogens with zero attached hydrogens (tertiary/aromatic N) is 1. The Kier molecular flexibility index (Phi) is 16.6. The normalized spacial score (nSPS) is 12.3. The van der Waals surface area contributed by atoms with Crippen LogP contribution in [0.5, 0.6) is 5.75 Å². The zero-order chi connectivity index (χ0) is 28.2. The molecular weight excluding hydrogens is 482 g/mol. The van der Waals surface area contributed by atoms with Crippen LogP contribution in [0, 0.1) is 0 Å². The summed E-state index contributed by atoms with van der Waals surface area (Å²) >= 11 is 0. The molecular formula is C35H56NO3+. The molecule has 2 aromatic carbocycles. The Labute approximate surface area is 239 Å². The quantitative estimate of drug-likeness (QED) is 0.0648. The van der Waals surface area contributed by atoms with Crippen molar-refractivity contribution in [3.8, 4) is 5.75 Å².